The van der Waals surface area contributed by atoms with Gasteiger partial charge in [-0.25, -0.2) is 0 Å². The molecule has 0 amide bonds. The van der Waals surface area contributed by atoms with E-state index in [1.807, 2.05) is 0 Å². The molecule has 0 unspecified atom stereocenters. The van der Waals surface area contributed by atoms with E-state index in [0.717, 1.165) is 5.82 Å². The maximum atomic E-state index is 5.61. The number of halogens is 1. The Hall–Kier alpha value is -0.940. The fraction of sp³-hybridized carbons (Fsp3) is 0.400. The third kappa shape index (κ3) is 1.99. The molecule has 0 aliphatic carbocycles. The van der Waals surface area contributed by atoms with E-state index in [1.54, 1.807) is 20.2 Å². The Labute approximate surface area is 70.2 Å². The first kappa shape index (κ1) is 8.16. The average molecular weight is 176 g/mol. The summed E-state index contributed by atoms with van der Waals surface area (Å²) in [6, 6.07) is 0. The maximum absolute atomic E-state index is 5.61. The fourth-order valence-corrected chi connectivity index (χ4v) is 0.856. The monoisotopic (exact) mass is 175 g/mol. The van der Waals surface area contributed by atoms with Crippen LogP contribution in [0.2, 0.25) is 0 Å². The minimum Gasteiger partial charge on any atom is -0.374 e. The number of hydrogen-bond donors (Lipinski definition) is 3. The van der Waals surface area contributed by atoms with Crippen LogP contribution in [0.25, 0.3) is 0 Å². The van der Waals surface area contributed by atoms with Crippen molar-refractivity contribution in [3.63, 3.8) is 0 Å². The van der Waals surface area contributed by atoms with Gasteiger partial charge in [0.15, 0.2) is 0 Å². The van der Waals surface area contributed by atoms with E-state index in [2.05, 4.69) is 21.2 Å². The molecule has 1 rings (SSSR count). The third-order valence-electron chi connectivity index (χ3n) is 1.22. The van der Waals surface area contributed by atoms with Crippen LogP contribution in [0.3, 0.4) is 0 Å². The van der Waals surface area contributed by atoms with Crippen LogP contribution in [-0.4, -0.2) is 24.6 Å². The summed E-state index contributed by atoms with van der Waals surface area (Å²) in [5.74, 6) is 1.49. The lowest BCUT2D eigenvalue weighted by Gasteiger charge is -2.24. The lowest BCUT2D eigenvalue weighted by molar-refractivity contribution is 0.318. The van der Waals surface area contributed by atoms with Gasteiger partial charge in [0.1, 0.15) is 11.7 Å². The minimum atomic E-state index is 0.697. The molecule has 0 atom stereocenters. The molecule has 1 heterocycles. The van der Waals surface area contributed by atoms with Crippen LogP contribution in [0.15, 0.2) is 16.9 Å². The molecule has 0 aromatic rings. The molecule has 3 N–H and O–H groups in total. The van der Waals surface area contributed by atoms with Gasteiger partial charge in [0, 0.05) is 31.9 Å². The van der Waals surface area contributed by atoms with Gasteiger partial charge in [-0.15, -0.1) is 0 Å². The first-order valence-electron chi connectivity index (χ1n) is 3.11. The Balaban J connectivity index is 2.73. The van der Waals surface area contributed by atoms with Gasteiger partial charge in [0.05, 0.1) is 0 Å². The molecule has 11 heavy (non-hydrogen) atoms. The lowest BCUT2D eigenvalue weighted by Crippen LogP contribution is -2.50. The summed E-state index contributed by atoms with van der Waals surface area (Å²) in [5, 5.41) is 2.90. The Kier molecular flexibility index (Phi) is 2.56. The second-order valence-corrected chi connectivity index (χ2v) is 2.26. The van der Waals surface area contributed by atoms with Crippen molar-refractivity contribution in [1.29, 1.82) is 0 Å². The van der Waals surface area contributed by atoms with E-state index in [4.69, 9.17) is 11.8 Å². The molecule has 0 radical (unpaired) electrons. The standard InChI is InChI=1S/C5H10ClN5/c1-7-4-3-5(8-2)10-11(6)9-4/h3,7,9H,1-2H3,(H,8,10). The average Bonchev–Trinajstić information content (AvgIpc) is 2.03. The summed E-state index contributed by atoms with van der Waals surface area (Å²) in [6.07, 6.45) is 1.80. The van der Waals surface area contributed by atoms with Crippen molar-refractivity contribution in [3.8, 4) is 0 Å². The molecule has 62 valence electrons. The Morgan fingerprint density at radius 3 is 2.91 bits per heavy atom. The van der Waals surface area contributed by atoms with Crippen molar-refractivity contribution in [1.82, 2.24) is 20.8 Å². The van der Waals surface area contributed by atoms with Gasteiger partial charge in [-0.2, -0.15) is 0 Å². The van der Waals surface area contributed by atoms with Crippen molar-refractivity contribution >= 4 is 17.6 Å². The van der Waals surface area contributed by atoms with Gasteiger partial charge in [0.2, 0.25) is 0 Å². The molecule has 6 heteroatoms. The second kappa shape index (κ2) is 3.45. The van der Waals surface area contributed by atoms with Crippen LogP contribution in [0.1, 0.15) is 0 Å². The number of hydrazine groups is 2. The maximum Gasteiger partial charge on any atom is 0.141 e. The molecule has 0 saturated heterocycles. The van der Waals surface area contributed by atoms with Crippen LogP contribution in [0.5, 0.6) is 0 Å². The Morgan fingerprint density at radius 2 is 2.36 bits per heavy atom. The summed E-state index contributed by atoms with van der Waals surface area (Å²) in [5.41, 5.74) is 5.54. The highest BCUT2D eigenvalue weighted by Crippen LogP contribution is 1.96. The van der Waals surface area contributed by atoms with E-state index in [0.29, 0.717) is 5.84 Å². The number of amidine groups is 1. The fourth-order valence-electron chi connectivity index (χ4n) is 0.678. The number of rotatable bonds is 1. The first-order chi connectivity index (χ1) is 5.26. The molecule has 5 nitrogen and oxygen atoms in total. The van der Waals surface area contributed by atoms with Crippen molar-refractivity contribution in [2.45, 2.75) is 0 Å². The predicted molar refractivity (Wildman–Crippen MR) is 44.5 cm³/mol. The molecule has 0 fully saturated rings. The number of nitrogens with zero attached hydrogens (tertiary/aromatic N) is 2. The molecule has 0 aromatic heterocycles. The van der Waals surface area contributed by atoms with Crippen LogP contribution in [0, 0.1) is 0 Å². The quantitative estimate of drug-likeness (QED) is 0.473. The van der Waals surface area contributed by atoms with Crippen molar-refractivity contribution in [2.24, 2.45) is 4.99 Å². The molecule has 1 aliphatic heterocycles. The van der Waals surface area contributed by atoms with Crippen molar-refractivity contribution in [3.05, 3.63) is 11.9 Å². The van der Waals surface area contributed by atoms with E-state index in [9.17, 15) is 0 Å². The highest BCUT2D eigenvalue weighted by molar-refractivity contribution is 6.14. The van der Waals surface area contributed by atoms with E-state index in [1.165, 1.54) is 4.64 Å². The largest absolute Gasteiger partial charge is 0.374 e. The van der Waals surface area contributed by atoms with E-state index >= 15 is 0 Å². The highest BCUT2D eigenvalue weighted by Gasteiger charge is 2.10. The smallest absolute Gasteiger partial charge is 0.141 e. The van der Waals surface area contributed by atoms with Gasteiger partial charge in [-0.05, 0) is 4.64 Å². The molecule has 0 spiro atoms. The van der Waals surface area contributed by atoms with E-state index in [-0.39, 0.29) is 0 Å². The zero-order chi connectivity index (χ0) is 8.27. The van der Waals surface area contributed by atoms with Crippen LogP contribution in [0.4, 0.5) is 0 Å². The highest BCUT2D eigenvalue weighted by atomic mass is 35.5. The number of aliphatic imine (C=N–C) groups is 1. The van der Waals surface area contributed by atoms with Gasteiger partial charge < -0.3 is 5.32 Å². The minimum absolute atomic E-state index is 0.697. The lowest BCUT2D eigenvalue weighted by atomic mass is 10.5. The summed E-state index contributed by atoms with van der Waals surface area (Å²) < 4.78 is 1.20. The summed E-state index contributed by atoms with van der Waals surface area (Å²) in [7, 11) is 3.48. The zero-order valence-corrected chi connectivity index (χ0v) is 7.11. The van der Waals surface area contributed by atoms with Crippen LogP contribution in [-0.2, 0) is 0 Å². The SMILES string of the molecule is CN=C1C=C(NC)NN(Cl)N1. The first-order valence-corrected chi connectivity index (χ1v) is 3.45. The molecular weight excluding hydrogens is 166 g/mol. The predicted octanol–water partition coefficient (Wildman–Crippen LogP) is -0.446. The molecule has 0 aromatic carbocycles. The van der Waals surface area contributed by atoms with Crippen LogP contribution >= 0.6 is 11.8 Å². The number of nitrogens with one attached hydrogen (secondary N) is 3. The van der Waals surface area contributed by atoms with E-state index < -0.39 is 0 Å². The normalized spacial score (nSPS) is 22.1. The summed E-state index contributed by atoms with van der Waals surface area (Å²) >= 11 is 5.61. The topological polar surface area (TPSA) is 51.7 Å². The second-order valence-electron chi connectivity index (χ2n) is 1.92. The zero-order valence-electron chi connectivity index (χ0n) is 6.35. The molecule has 1 aliphatic rings. The van der Waals surface area contributed by atoms with Crippen molar-refractivity contribution < 1.29 is 0 Å². The molecule has 0 bridgehead atoms. The third-order valence-corrected chi connectivity index (χ3v) is 1.39. The van der Waals surface area contributed by atoms with Gasteiger partial charge >= 0.3 is 0 Å². The summed E-state index contributed by atoms with van der Waals surface area (Å²) in [6.45, 7) is 0. The van der Waals surface area contributed by atoms with Gasteiger partial charge in [-0.3, -0.25) is 15.8 Å². The Morgan fingerprint density at radius 1 is 1.64 bits per heavy atom. The van der Waals surface area contributed by atoms with Crippen LogP contribution < -0.4 is 16.2 Å². The van der Waals surface area contributed by atoms with Gasteiger partial charge in [-0.1, -0.05) is 0 Å². The molecule has 0 saturated carbocycles. The number of hydrogen-bond acceptors (Lipinski definition) is 4. The summed E-state index contributed by atoms with van der Waals surface area (Å²) in [4.78, 5) is 3.92. The van der Waals surface area contributed by atoms with Crippen molar-refractivity contribution in [2.75, 3.05) is 14.1 Å². The molecular formula is C5H10ClN5. The van der Waals surface area contributed by atoms with Gasteiger partial charge in [0.25, 0.3) is 0 Å². The Bertz CT molecular complexity index is 199.